The molecule has 24 heavy (non-hydrogen) atoms. The normalized spacial score (nSPS) is 10.8. The number of hydroxylamine groups is 2. The molecule has 0 heterocycles. The van der Waals surface area contributed by atoms with Crippen LogP contribution in [0.1, 0.15) is 22.8 Å². The number of likely N-dealkylation sites (N-methyl/N-ethyl adjacent to an activating group) is 1. The summed E-state index contributed by atoms with van der Waals surface area (Å²) in [6, 6.07) is 11.5. The lowest BCUT2D eigenvalue weighted by Crippen LogP contribution is -2.24. The first-order valence-electron chi connectivity index (χ1n) is 7.56. The fourth-order valence-electron chi connectivity index (χ4n) is 2.08. The van der Waals surface area contributed by atoms with Gasteiger partial charge in [-0.05, 0) is 37.3 Å². The van der Waals surface area contributed by atoms with Crippen LogP contribution in [-0.4, -0.2) is 47.9 Å². The van der Waals surface area contributed by atoms with Crippen molar-refractivity contribution < 1.29 is 24.6 Å². The molecule has 2 aromatic carbocycles. The summed E-state index contributed by atoms with van der Waals surface area (Å²) in [5, 5.41) is 20.7. The molecule has 6 heteroatoms. The highest BCUT2D eigenvalue weighted by molar-refractivity contribution is 6.10. The minimum absolute atomic E-state index is 0.0137. The van der Waals surface area contributed by atoms with Gasteiger partial charge in [-0.15, -0.1) is 0 Å². The van der Waals surface area contributed by atoms with Crippen molar-refractivity contribution >= 4 is 5.78 Å². The van der Waals surface area contributed by atoms with E-state index in [1.807, 2.05) is 14.0 Å². The molecule has 0 atom stereocenters. The molecular formula is C18H20NO5. The van der Waals surface area contributed by atoms with Crippen molar-refractivity contribution in [2.24, 2.45) is 0 Å². The van der Waals surface area contributed by atoms with Gasteiger partial charge in [0.1, 0.15) is 23.9 Å². The van der Waals surface area contributed by atoms with Gasteiger partial charge in [-0.3, -0.25) is 9.63 Å². The Morgan fingerprint density at radius 3 is 2.58 bits per heavy atom. The Morgan fingerprint density at radius 2 is 1.96 bits per heavy atom. The minimum Gasteiger partial charge on any atom is -0.508 e. The number of hydrogen-bond acceptors (Lipinski definition) is 6. The molecule has 0 aliphatic rings. The molecule has 1 radical (unpaired) electrons. The number of benzene rings is 2. The molecule has 0 aliphatic carbocycles. The Morgan fingerprint density at radius 1 is 1.25 bits per heavy atom. The maximum Gasteiger partial charge on any atom is 0.197 e. The van der Waals surface area contributed by atoms with Gasteiger partial charge in [-0.25, -0.2) is 0 Å². The third-order valence-electron chi connectivity index (χ3n) is 3.27. The van der Waals surface area contributed by atoms with Crippen LogP contribution in [-0.2, 0) is 4.84 Å². The topological polar surface area (TPSA) is 79.2 Å². The van der Waals surface area contributed by atoms with Gasteiger partial charge in [0.05, 0.1) is 18.7 Å². The summed E-state index contributed by atoms with van der Waals surface area (Å²) >= 11 is 0. The second-order valence-electron chi connectivity index (χ2n) is 5.09. The van der Waals surface area contributed by atoms with E-state index < -0.39 is 0 Å². The van der Waals surface area contributed by atoms with E-state index in [0.29, 0.717) is 31.1 Å². The first kappa shape index (κ1) is 17.8. The third kappa shape index (κ3) is 4.71. The van der Waals surface area contributed by atoms with E-state index in [1.54, 1.807) is 29.3 Å². The highest BCUT2D eigenvalue weighted by atomic mass is 16.7. The molecule has 0 aromatic heterocycles. The van der Waals surface area contributed by atoms with Gasteiger partial charge in [0.2, 0.25) is 0 Å². The predicted octanol–water partition coefficient (Wildman–Crippen LogP) is 2.39. The first-order valence-corrected chi connectivity index (χ1v) is 7.56. The maximum atomic E-state index is 12.3. The van der Waals surface area contributed by atoms with Gasteiger partial charge in [0.25, 0.3) is 0 Å². The molecule has 0 amide bonds. The van der Waals surface area contributed by atoms with Gasteiger partial charge in [-0.1, -0.05) is 0 Å². The van der Waals surface area contributed by atoms with Crippen LogP contribution in [0, 0.1) is 6.07 Å². The van der Waals surface area contributed by atoms with Crippen LogP contribution in [0.25, 0.3) is 0 Å². The minimum atomic E-state index is -0.380. The number of ether oxygens (including phenoxy) is 1. The monoisotopic (exact) mass is 330 g/mol. The van der Waals surface area contributed by atoms with Gasteiger partial charge in [0.15, 0.2) is 5.78 Å². The van der Waals surface area contributed by atoms with Crippen LogP contribution in [0.15, 0.2) is 36.4 Å². The number of rotatable bonds is 8. The molecule has 2 aromatic rings. The van der Waals surface area contributed by atoms with Gasteiger partial charge in [0, 0.05) is 24.7 Å². The summed E-state index contributed by atoms with van der Waals surface area (Å²) in [6.07, 6.45) is 0. The quantitative estimate of drug-likeness (QED) is 0.571. The maximum absolute atomic E-state index is 12.3. The van der Waals surface area contributed by atoms with Crippen LogP contribution in [0.3, 0.4) is 0 Å². The van der Waals surface area contributed by atoms with E-state index in [0.717, 1.165) is 6.07 Å². The lowest BCUT2D eigenvalue weighted by molar-refractivity contribution is -0.138. The Labute approximate surface area is 140 Å². The summed E-state index contributed by atoms with van der Waals surface area (Å²) in [6.45, 7) is 3.59. The zero-order valence-electron chi connectivity index (χ0n) is 13.7. The number of carbonyl (C=O) groups excluding carboxylic acids is 1. The van der Waals surface area contributed by atoms with E-state index in [1.165, 1.54) is 6.07 Å². The van der Waals surface area contributed by atoms with Gasteiger partial charge in [-0.2, -0.15) is 5.06 Å². The van der Waals surface area contributed by atoms with Crippen LogP contribution >= 0.6 is 0 Å². The fraction of sp³-hybridized carbons (Fsp3) is 0.278. The number of nitrogens with zero attached hydrogens (tertiary/aromatic N) is 1. The van der Waals surface area contributed by atoms with Crippen LogP contribution in [0.4, 0.5) is 0 Å². The highest BCUT2D eigenvalue weighted by Gasteiger charge is 2.14. The molecule has 127 valence electrons. The van der Waals surface area contributed by atoms with Gasteiger partial charge < -0.3 is 14.9 Å². The lowest BCUT2D eigenvalue weighted by atomic mass is 10.0. The van der Waals surface area contributed by atoms with E-state index >= 15 is 0 Å². The molecule has 6 nitrogen and oxygen atoms in total. The fourth-order valence-corrected chi connectivity index (χ4v) is 2.08. The number of phenols is 2. The summed E-state index contributed by atoms with van der Waals surface area (Å²) in [4.78, 5) is 17.6. The number of hydrogen-bond donors (Lipinski definition) is 2. The number of ketones is 1. The molecule has 0 aliphatic heterocycles. The summed E-state index contributed by atoms with van der Waals surface area (Å²) < 4.78 is 5.58. The molecule has 0 saturated carbocycles. The molecule has 0 spiro atoms. The standard InChI is InChI=1S/C18H20NO5/c1-3-24-19(2)10-11-23-15-7-4-13(5-8-15)18(22)16-9-6-14(20)12-17(16)21/h4-8,12,20-21H,3,10-11H2,1-2H3. The highest BCUT2D eigenvalue weighted by Crippen LogP contribution is 2.25. The van der Waals surface area contributed by atoms with E-state index in [9.17, 15) is 15.0 Å². The Hall–Kier alpha value is -2.57. The van der Waals surface area contributed by atoms with E-state index in [4.69, 9.17) is 9.57 Å². The molecular weight excluding hydrogens is 310 g/mol. The zero-order chi connectivity index (χ0) is 17.5. The Balaban J connectivity index is 1.97. The number of phenolic OH excluding ortho intramolecular Hbond substituents is 2. The van der Waals surface area contributed by atoms with Crippen molar-refractivity contribution in [2.75, 3.05) is 26.8 Å². The van der Waals surface area contributed by atoms with Crippen molar-refractivity contribution in [2.45, 2.75) is 6.92 Å². The number of aromatic hydroxyl groups is 2. The van der Waals surface area contributed by atoms with Crippen molar-refractivity contribution in [1.29, 1.82) is 0 Å². The van der Waals surface area contributed by atoms with Crippen molar-refractivity contribution in [3.05, 3.63) is 53.6 Å². The number of carbonyl (C=O) groups is 1. The lowest BCUT2D eigenvalue weighted by Gasteiger charge is -2.15. The molecule has 0 bridgehead atoms. The van der Waals surface area contributed by atoms with Crippen LogP contribution < -0.4 is 4.74 Å². The van der Waals surface area contributed by atoms with E-state index in [-0.39, 0.29) is 22.8 Å². The second kappa shape index (κ2) is 8.33. The third-order valence-corrected chi connectivity index (χ3v) is 3.27. The molecule has 0 unspecified atom stereocenters. The van der Waals surface area contributed by atoms with Gasteiger partial charge >= 0.3 is 0 Å². The van der Waals surface area contributed by atoms with E-state index in [2.05, 4.69) is 6.07 Å². The average molecular weight is 330 g/mol. The molecule has 0 fully saturated rings. The Bertz CT molecular complexity index is 684. The molecule has 0 saturated heterocycles. The summed E-state index contributed by atoms with van der Waals surface area (Å²) in [5.74, 6) is -0.199. The van der Waals surface area contributed by atoms with Crippen molar-refractivity contribution in [3.63, 3.8) is 0 Å². The predicted molar refractivity (Wildman–Crippen MR) is 88.2 cm³/mol. The largest absolute Gasteiger partial charge is 0.508 e. The molecule has 2 rings (SSSR count). The van der Waals surface area contributed by atoms with Crippen molar-refractivity contribution in [3.8, 4) is 17.2 Å². The first-order chi connectivity index (χ1) is 11.5. The van der Waals surface area contributed by atoms with Crippen LogP contribution in [0.2, 0.25) is 0 Å². The molecule has 2 N–H and O–H groups in total. The SMILES string of the molecule is CCON(C)CCOc1ccc(C(=O)c2[c]cc(O)cc2O)cc1. The zero-order valence-corrected chi connectivity index (χ0v) is 13.7. The van der Waals surface area contributed by atoms with Crippen LogP contribution in [0.5, 0.6) is 17.2 Å². The smallest absolute Gasteiger partial charge is 0.197 e. The average Bonchev–Trinajstić information content (AvgIpc) is 2.55. The Kier molecular flexibility index (Phi) is 6.17. The summed E-state index contributed by atoms with van der Waals surface area (Å²) in [5.41, 5.74) is 0.408. The van der Waals surface area contributed by atoms with Crippen molar-refractivity contribution in [1.82, 2.24) is 5.06 Å². The summed E-state index contributed by atoms with van der Waals surface area (Å²) in [7, 11) is 1.83. The second-order valence-corrected chi connectivity index (χ2v) is 5.09.